The topological polar surface area (TPSA) is 84.0 Å². The van der Waals surface area contributed by atoms with Gasteiger partial charge in [-0.1, -0.05) is 30.7 Å². The number of carbonyl (C=O) groups is 4. The third kappa shape index (κ3) is 4.20. The Morgan fingerprint density at radius 1 is 1.03 bits per heavy atom. The number of nitrogens with zero attached hydrogens (tertiary/aromatic N) is 2. The van der Waals surface area contributed by atoms with Crippen LogP contribution in [0.1, 0.15) is 53.8 Å². The van der Waals surface area contributed by atoms with E-state index in [4.69, 9.17) is 16.3 Å². The number of halogens is 1. The number of rotatable bonds is 6. The summed E-state index contributed by atoms with van der Waals surface area (Å²) in [7, 11) is 1.52. The number of ether oxygens (including phenoxy) is 1. The Hall–Kier alpha value is -3.19. The van der Waals surface area contributed by atoms with E-state index in [0.29, 0.717) is 30.1 Å². The number of Topliss-reactive ketones (excluding diaryl/α,β-unsaturated/α-hetero) is 1. The number of imide groups is 1. The lowest BCUT2D eigenvalue weighted by Gasteiger charge is -2.35. The van der Waals surface area contributed by atoms with Gasteiger partial charge in [-0.2, -0.15) is 5.01 Å². The zero-order valence-corrected chi connectivity index (χ0v) is 20.1. The molecule has 1 aliphatic heterocycles. The third-order valence-electron chi connectivity index (χ3n) is 6.81. The molecule has 0 radical (unpaired) electrons. The molecule has 7 nitrogen and oxygen atoms in total. The summed E-state index contributed by atoms with van der Waals surface area (Å²) in [6, 6.07) is 11.7. The summed E-state index contributed by atoms with van der Waals surface area (Å²) in [6.07, 6.45) is 2.01. The molecule has 0 N–H and O–H groups in total. The second kappa shape index (κ2) is 9.58. The predicted octanol–water partition coefficient (Wildman–Crippen LogP) is 4.40. The maximum atomic E-state index is 13.7. The molecule has 0 aromatic heterocycles. The van der Waals surface area contributed by atoms with Crippen LogP contribution in [0, 0.1) is 17.8 Å². The SMILES string of the molecule is COc1ccc(C(=O)[C@H](C)N(C(=O)c2ccccc2Cl)N2C(=O)[C@@H]3CC[C@H](C)C[C@H]3C2=O)cc1. The van der Waals surface area contributed by atoms with Gasteiger partial charge in [0.1, 0.15) is 11.8 Å². The first kappa shape index (κ1) is 24.0. The molecule has 1 aliphatic carbocycles. The molecule has 2 fully saturated rings. The van der Waals surface area contributed by atoms with Crippen molar-refractivity contribution in [3.63, 3.8) is 0 Å². The van der Waals surface area contributed by atoms with Gasteiger partial charge in [-0.15, -0.1) is 0 Å². The van der Waals surface area contributed by atoms with E-state index in [0.717, 1.165) is 16.4 Å². The molecule has 3 amide bonds. The first-order valence-electron chi connectivity index (χ1n) is 11.4. The van der Waals surface area contributed by atoms with Gasteiger partial charge in [-0.3, -0.25) is 19.2 Å². The highest BCUT2D eigenvalue weighted by Gasteiger charge is 2.54. The molecule has 0 unspecified atom stereocenters. The van der Waals surface area contributed by atoms with Gasteiger partial charge in [0.2, 0.25) is 0 Å². The minimum Gasteiger partial charge on any atom is -0.497 e. The van der Waals surface area contributed by atoms with Crippen LogP contribution in [0.15, 0.2) is 48.5 Å². The number of ketones is 1. The normalized spacial score (nSPS) is 22.8. The smallest absolute Gasteiger partial charge is 0.275 e. The van der Waals surface area contributed by atoms with E-state index in [1.165, 1.54) is 20.1 Å². The average Bonchev–Trinajstić information content (AvgIpc) is 3.08. The number of benzene rings is 2. The first-order chi connectivity index (χ1) is 16.2. The number of carbonyl (C=O) groups excluding carboxylic acids is 4. The minimum absolute atomic E-state index is 0.113. The van der Waals surface area contributed by atoms with Crippen LogP contribution < -0.4 is 4.74 Å². The van der Waals surface area contributed by atoms with Gasteiger partial charge < -0.3 is 4.74 Å². The molecule has 1 saturated carbocycles. The monoisotopic (exact) mass is 482 g/mol. The van der Waals surface area contributed by atoms with E-state index in [2.05, 4.69) is 6.92 Å². The fourth-order valence-electron chi connectivity index (χ4n) is 4.89. The quantitative estimate of drug-likeness (QED) is 0.450. The van der Waals surface area contributed by atoms with Gasteiger partial charge >= 0.3 is 0 Å². The minimum atomic E-state index is -1.12. The lowest BCUT2D eigenvalue weighted by molar-refractivity contribution is -0.156. The van der Waals surface area contributed by atoms with Crippen molar-refractivity contribution in [2.75, 3.05) is 7.11 Å². The number of fused-ring (bicyclic) bond motifs is 1. The number of hydrogen-bond donors (Lipinski definition) is 0. The predicted molar refractivity (Wildman–Crippen MR) is 126 cm³/mol. The van der Waals surface area contributed by atoms with Crippen molar-refractivity contribution >= 4 is 35.1 Å². The summed E-state index contributed by atoms with van der Waals surface area (Å²) in [5.41, 5.74) is 0.442. The second-order valence-corrected chi connectivity index (χ2v) is 9.42. The highest BCUT2D eigenvalue weighted by atomic mass is 35.5. The van der Waals surface area contributed by atoms with E-state index < -0.39 is 41.4 Å². The van der Waals surface area contributed by atoms with Crippen LogP contribution in [-0.4, -0.2) is 46.7 Å². The van der Waals surface area contributed by atoms with E-state index in [-0.39, 0.29) is 10.6 Å². The average molecular weight is 483 g/mol. The molecule has 2 aromatic carbocycles. The number of hydrazine groups is 1. The Labute approximate surface area is 203 Å². The van der Waals surface area contributed by atoms with Crippen molar-refractivity contribution in [2.45, 2.75) is 39.2 Å². The van der Waals surface area contributed by atoms with E-state index >= 15 is 0 Å². The molecule has 8 heteroatoms. The molecule has 1 saturated heterocycles. The molecular weight excluding hydrogens is 456 g/mol. The van der Waals surface area contributed by atoms with Crippen LogP contribution in [0.4, 0.5) is 0 Å². The fourth-order valence-corrected chi connectivity index (χ4v) is 5.11. The maximum Gasteiger partial charge on any atom is 0.275 e. The standard InChI is InChI=1S/C26H27ClN2O5/c1-15-8-13-19-21(14-15)26(33)29(24(19)31)28(25(32)20-6-4-5-7-22(20)27)16(2)23(30)17-9-11-18(34-3)12-10-17/h4-7,9-12,15-16,19,21H,8,13-14H2,1-3H3/t15-,16-,19+,21+/m0/s1. The third-order valence-corrected chi connectivity index (χ3v) is 7.14. The van der Waals surface area contributed by atoms with E-state index in [1.54, 1.807) is 42.5 Å². The Balaban J connectivity index is 1.75. The Morgan fingerprint density at radius 2 is 1.68 bits per heavy atom. The van der Waals surface area contributed by atoms with Crippen LogP contribution in [-0.2, 0) is 9.59 Å². The molecule has 2 aliphatic rings. The maximum absolute atomic E-state index is 13.7. The Bertz CT molecular complexity index is 1130. The Morgan fingerprint density at radius 3 is 2.32 bits per heavy atom. The zero-order valence-electron chi connectivity index (χ0n) is 19.4. The van der Waals surface area contributed by atoms with E-state index in [1.807, 2.05) is 0 Å². The van der Waals surface area contributed by atoms with Crippen molar-refractivity contribution in [2.24, 2.45) is 17.8 Å². The molecule has 4 atom stereocenters. The summed E-state index contributed by atoms with van der Waals surface area (Å²) in [5.74, 6) is -2.02. The van der Waals surface area contributed by atoms with Crippen LogP contribution >= 0.6 is 11.6 Å². The van der Waals surface area contributed by atoms with Crippen LogP contribution in [0.2, 0.25) is 5.02 Å². The van der Waals surface area contributed by atoms with Gasteiger partial charge in [0.05, 0.1) is 29.5 Å². The lowest BCUT2D eigenvalue weighted by Crippen LogP contribution is -2.56. The first-order valence-corrected chi connectivity index (χ1v) is 11.8. The molecule has 34 heavy (non-hydrogen) atoms. The molecule has 0 bridgehead atoms. The van der Waals surface area contributed by atoms with Gasteiger partial charge in [-0.25, -0.2) is 5.01 Å². The summed E-state index contributed by atoms with van der Waals surface area (Å²) in [6.45, 7) is 3.57. The molecule has 178 valence electrons. The highest BCUT2D eigenvalue weighted by molar-refractivity contribution is 6.34. The largest absolute Gasteiger partial charge is 0.497 e. The summed E-state index contributed by atoms with van der Waals surface area (Å²) in [4.78, 5) is 54.0. The summed E-state index contributed by atoms with van der Waals surface area (Å²) in [5, 5.41) is 2.08. The molecular formula is C26H27ClN2O5. The lowest BCUT2D eigenvalue weighted by atomic mass is 9.76. The van der Waals surface area contributed by atoms with Crippen molar-refractivity contribution in [3.8, 4) is 5.75 Å². The summed E-state index contributed by atoms with van der Waals surface area (Å²) >= 11 is 6.28. The number of amides is 3. The Kier molecular flexibility index (Phi) is 6.75. The van der Waals surface area contributed by atoms with Crippen molar-refractivity contribution in [1.29, 1.82) is 0 Å². The van der Waals surface area contributed by atoms with Gasteiger partial charge in [0.25, 0.3) is 17.7 Å². The number of methoxy groups -OCH3 is 1. The molecule has 2 aromatic rings. The van der Waals surface area contributed by atoms with Crippen LogP contribution in [0.3, 0.4) is 0 Å². The van der Waals surface area contributed by atoms with Crippen LogP contribution in [0.25, 0.3) is 0 Å². The highest BCUT2D eigenvalue weighted by Crippen LogP contribution is 2.42. The van der Waals surface area contributed by atoms with Gasteiger partial charge in [-0.05, 0) is 68.5 Å². The summed E-state index contributed by atoms with van der Waals surface area (Å²) < 4.78 is 5.15. The fraction of sp³-hybridized carbons (Fsp3) is 0.385. The van der Waals surface area contributed by atoms with Crippen molar-refractivity contribution < 1.29 is 23.9 Å². The van der Waals surface area contributed by atoms with Gasteiger partial charge in [0.15, 0.2) is 5.78 Å². The molecule has 1 heterocycles. The van der Waals surface area contributed by atoms with Crippen LogP contribution in [0.5, 0.6) is 5.75 Å². The molecule has 4 rings (SSSR count). The van der Waals surface area contributed by atoms with Gasteiger partial charge in [0, 0.05) is 5.56 Å². The second-order valence-electron chi connectivity index (χ2n) is 9.02. The van der Waals surface area contributed by atoms with Crippen molar-refractivity contribution in [1.82, 2.24) is 10.0 Å². The molecule has 0 spiro atoms. The number of hydrogen-bond acceptors (Lipinski definition) is 5. The van der Waals surface area contributed by atoms with E-state index in [9.17, 15) is 19.2 Å². The zero-order chi connectivity index (χ0) is 24.6. The van der Waals surface area contributed by atoms with Crippen molar-refractivity contribution in [3.05, 3.63) is 64.7 Å².